The molecule has 0 saturated carbocycles. The van der Waals surface area contributed by atoms with Gasteiger partial charge in [0.2, 0.25) is 5.95 Å². The Hall–Kier alpha value is -4.41. The molecule has 1 aliphatic rings. The first-order chi connectivity index (χ1) is 21.0. The van der Waals surface area contributed by atoms with Crippen molar-refractivity contribution in [2.75, 3.05) is 19.5 Å². The van der Waals surface area contributed by atoms with Crippen LogP contribution in [0.1, 0.15) is 57.4 Å². The number of anilines is 1. The Bertz CT molecular complexity index is 1810. The lowest BCUT2D eigenvalue weighted by Gasteiger charge is -2.35. The molecule has 1 aliphatic heterocycles. The number of nitrogens with one attached hydrogen (secondary N) is 2. The van der Waals surface area contributed by atoms with Gasteiger partial charge in [0.25, 0.3) is 17.4 Å². The van der Waals surface area contributed by atoms with Gasteiger partial charge >= 0.3 is 0 Å². The minimum absolute atomic E-state index is 0.0853. The van der Waals surface area contributed by atoms with Crippen molar-refractivity contribution in [2.45, 2.75) is 38.9 Å². The van der Waals surface area contributed by atoms with E-state index in [1.54, 1.807) is 60.5 Å². The van der Waals surface area contributed by atoms with Gasteiger partial charge in [-0.2, -0.15) is 0 Å². The fourth-order valence-electron chi connectivity index (χ4n) is 5.19. The Balaban J connectivity index is 1.58. The standard InChI is InChI=1S/C32H30Cl2FN5O4/c1-17-13-23-27(16-39(17)30(42)21-7-11-24(33)25(34)14-21)38-32(37-18(2)20-8-12-26(35)28(15-20)44-4)40(31(23)43)22-9-5-19(6-10-22)29(41)36-3/h5-12,14-15,17-18H,13,16H2,1-4H3,(H,36,41)(H,37,38)/t17-,18?/m1/s1. The van der Waals surface area contributed by atoms with Crippen LogP contribution in [0, 0.1) is 5.82 Å². The third-order valence-electron chi connectivity index (χ3n) is 7.68. The molecule has 44 heavy (non-hydrogen) atoms. The Morgan fingerprint density at radius 2 is 1.75 bits per heavy atom. The number of nitrogens with zero attached hydrogens (tertiary/aromatic N) is 3. The number of rotatable bonds is 7. The number of amides is 2. The van der Waals surface area contributed by atoms with Gasteiger partial charge in [0.15, 0.2) is 11.6 Å². The molecular weight excluding hydrogens is 608 g/mol. The van der Waals surface area contributed by atoms with Gasteiger partial charge in [0.1, 0.15) is 0 Å². The number of fused-ring (bicyclic) bond motifs is 1. The van der Waals surface area contributed by atoms with Crippen molar-refractivity contribution in [3.05, 3.63) is 115 Å². The molecule has 0 spiro atoms. The highest BCUT2D eigenvalue weighted by molar-refractivity contribution is 6.42. The third kappa shape index (κ3) is 6.00. The Kier molecular flexibility index (Phi) is 8.94. The van der Waals surface area contributed by atoms with Crippen LogP contribution in [0.5, 0.6) is 5.75 Å². The van der Waals surface area contributed by atoms with Gasteiger partial charge in [-0.15, -0.1) is 0 Å². The zero-order valence-corrected chi connectivity index (χ0v) is 26.0. The van der Waals surface area contributed by atoms with Gasteiger partial charge in [-0.1, -0.05) is 29.3 Å². The fourth-order valence-corrected chi connectivity index (χ4v) is 5.49. The molecule has 2 N–H and O–H groups in total. The number of methoxy groups -OCH3 is 1. The third-order valence-corrected chi connectivity index (χ3v) is 8.42. The molecule has 12 heteroatoms. The minimum atomic E-state index is -0.496. The molecule has 2 atom stereocenters. The molecule has 0 saturated heterocycles. The van der Waals surface area contributed by atoms with Crippen molar-refractivity contribution >= 4 is 41.0 Å². The second-order valence-corrected chi connectivity index (χ2v) is 11.3. The molecule has 5 rings (SSSR count). The van der Waals surface area contributed by atoms with E-state index in [4.69, 9.17) is 32.9 Å². The van der Waals surface area contributed by atoms with E-state index >= 15 is 0 Å². The monoisotopic (exact) mass is 637 g/mol. The number of benzene rings is 3. The summed E-state index contributed by atoms with van der Waals surface area (Å²) in [6.07, 6.45) is 0.273. The lowest BCUT2D eigenvalue weighted by atomic mass is 9.98. The van der Waals surface area contributed by atoms with Crippen LogP contribution >= 0.6 is 23.2 Å². The summed E-state index contributed by atoms with van der Waals surface area (Å²) in [5.41, 5.74) is 2.62. The van der Waals surface area contributed by atoms with Crippen LogP contribution in [0.4, 0.5) is 10.3 Å². The first kappa shape index (κ1) is 31.0. The molecule has 228 valence electrons. The van der Waals surface area contributed by atoms with Crippen LogP contribution in [0.3, 0.4) is 0 Å². The van der Waals surface area contributed by atoms with Crippen molar-refractivity contribution in [3.8, 4) is 11.4 Å². The molecule has 0 bridgehead atoms. The number of hydrogen-bond donors (Lipinski definition) is 2. The molecule has 0 radical (unpaired) electrons. The first-order valence-electron chi connectivity index (χ1n) is 13.9. The van der Waals surface area contributed by atoms with Crippen molar-refractivity contribution < 1.29 is 18.7 Å². The number of ether oxygens (including phenoxy) is 1. The van der Waals surface area contributed by atoms with Gasteiger partial charge in [0, 0.05) is 29.8 Å². The average molecular weight is 639 g/mol. The maximum Gasteiger partial charge on any atom is 0.263 e. The summed E-state index contributed by atoms with van der Waals surface area (Å²) in [6.45, 7) is 3.81. The second kappa shape index (κ2) is 12.7. The molecule has 1 unspecified atom stereocenters. The Morgan fingerprint density at radius 3 is 2.41 bits per heavy atom. The van der Waals surface area contributed by atoms with E-state index in [9.17, 15) is 18.8 Å². The maximum absolute atomic E-state index is 14.1. The molecule has 2 heterocycles. The smallest absolute Gasteiger partial charge is 0.263 e. The van der Waals surface area contributed by atoms with Gasteiger partial charge < -0.3 is 20.3 Å². The number of hydrogen-bond acceptors (Lipinski definition) is 6. The zero-order valence-electron chi connectivity index (χ0n) is 24.5. The summed E-state index contributed by atoms with van der Waals surface area (Å²) in [5, 5.41) is 6.49. The largest absolute Gasteiger partial charge is 0.494 e. The second-order valence-electron chi connectivity index (χ2n) is 10.5. The summed E-state index contributed by atoms with van der Waals surface area (Å²) >= 11 is 12.2. The number of carbonyl (C=O) groups excluding carboxylic acids is 2. The predicted octanol–water partition coefficient (Wildman–Crippen LogP) is 5.81. The molecular formula is C32H30Cl2FN5O4. The van der Waals surface area contributed by atoms with Crippen LogP contribution in [-0.4, -0.2) is 46.5 Å². The molecule has 3 aromatic carbocycles. The Labute approximate surface area is 263 Å². The van der Waals surface area contributed by atoms with Gasteiger partial charge in [-0.3, -0.25) is 14.4 Å². The van der Waals surface area contributed by atoms with E-state index in [1.165, 1.54) is 23.8 Å². The maximum atomic E-state index is 14.1. The van der Waals surface area contributed by atoms with Crippen LogP contribution in [-0.2, 0) is 13.0 Å². The quantitative estimate of drug-likeness (QED) is 0.265. The zero-order chi connectivity index (χ0) is 31.7. The fraction of sp³-hybridized carbons (Fsp3) is 0.250. The molecule has 0 fully saturated rings. The van der Waals surface area contributed by atoms with Crippen LogP contribution in [0.2, 0.25) is 10.0 Å². The van der Waals surface area contributed by atoms with E-state index in [1.807, 2.05) is 13.8 Å². The average Bonchev–Trinajstić information content (AvgIpc) is 3.02. The van der Waals surface area contributed by atoms with Gasteiger partial charge in [0.05, 0.1) is 41.1 Å². The molecule has 4 aromatic rings. The number of halogens is 3. The predicted molar refractivity (Wildman–Crippen MR) is 168 cm³/mol. The van der Waals surface area contributed by atoms with Crippen LogP contribution < -0.4 is 20.9 Å². The van der Waals surface area contributed by atoms with E-state index < -0.39 is 11.9 Å². The number of carbonyl (C=O) groups is 2. The van der Waals surface area contributed by atoms with E-state index in [2.05, 4.69) is 10.6 Å². The van der Waals surface area contributed by atoms with Crippen molar-refractivity contribution in [2.24, 2.45) is 0 Å². The lowest BCUT2D eigenvalue weighted by Crippen LogP contribution is -2.46. The van der Waals surface area contributed by atoms with Crippen molar-refractivity contribution in [3.63, 3.8) is 0 Å². The summed E-state index contributed by atoms with van der Waals surface area (Å²) in [6, 6.07) is 15.1. The molecule has 1 aromatic heterocycles. The van der Waals surface area contributed by atoms with Gasteiger partial charge in [-0.25, -0.2) is 13.9 Å². The lowest BCUT2D eigenvalue weighted by molar-refractivity contribution is 0.0653. The topological polar surface area (TPSA) is 106 Å². The highest BCUT2D eigenvalue weighted by atomic mass is 35.5. The highest BCUT2D eigenvalue weighted by Crippen LogP contribution is 2.29. The van der Waals surface area contributed by atoms with Crippen LogP contribution in [0.25, 0.3) is 5.69 Å². The van der Waals surface area contributed by atoms with E-state index in [0.29, 0.717) is 38.7 Å². The normalized spacial score (nSPS) is 14.9. The van der Waals surface area contributed by atoms with Crippen molar-refractivity contribution in [1.82, 2.24) is 19.8 Å². The van der Waals surface area contributed by atoms with Crippen LogP contribution in [0.15, 0.2) is 65.5 Å². The summed E-state index contributed by atoms with van der Waals surface area (Å²) in [5.74, 6) is -0.718. The number of aromatic nitrogens is 2. The molecule has 2 amide bonds. The minimum Gasteiger partial charge on any atom is -0.494 e. The summed E-state index contributed by atoms with van der Waals surface area (Å²) in [4.78, 5) is 46.3. The first-order valence-corrected chi connectivity index (χ1v) is 14.6. The summed E-state index contributed by atoms with van der Waals surface area (Å²) < 4.78 is 20.7. The molecule has 9 nitrogen and oxygen atoms in total. The van der Waals surface area contributed by atoms with E-state index in [0.717, 1.165) is 0 Å². The highest BCUT2D eigenvalue weighted by Gasteiger charge is 2.32. The van der Waals surface area contributed by atoms with Gasteiger partial charge in [-0.05, 0) is 80.4 Å². The molecule has 0 aliphatic carbocycles. The SMILES string of the molecule is CNC(=O)c1ccc(-n2c(NC(C)c3ccc(F)c(OC)c3)nc3c(c2=O)C[C@@H](C)N(C(=O)c2ccc(Cl)c(Cl)c2)C3)cc1. The van der Waals surface area contributed by atoms with E-state index in [-0.39, 0.29) is 53.1 Å². The Morgan fingerprint density at radius 1 is 1.05 bits per heavy atom. The van der Waals surface area contributed by atoms with Crippen molar-refractivity contribution in [1.29, 1.82) is 0 Å². The summed E-state index contributed by atoms with van der Waals surface area (Å²) in [7, 11) is 2.93.